The Hall–Kier alpha value is -2.46. The van der Waals surface area contributed by atoms with E-state index in [4.69, 9.17) is 21.4 Å². The van der Waals surface area contributed by atoms with Gasteiger partial charge in [0.25, 0.3) is 5.91 Å². The van der Waals surface area contributed by atoms with Crippen molar-refractivity contribution in [2.45, 2.75) is 19.4 Å². The number of hydrazone groups is 1. The minimum Gasteiger partial charge on any atom is -0.379 e. The second kappa shape index (κ2) is 11.8. The zero-order chi connectivity index (χ0) is 23.9. The molecule has 1 atom stereocenters. The van der Waals surface area contributed by atoms with E-state index in [9.17, 15) is 9.59 Å². The van der Waals surface area contributed by atoms with Crippen LogP contribution in [-0.2, 0) is 9.53 Å². The molecular weight excluding hydrogens is 474 g/mol. The zero-order valence-corrected chi connectivity index (χ0v) is 20.9. The number of amides is 3. The molecule has 0 spiro atoms. The van der Waals surface area contributed by atoms with Crippen LogP contribution in [-0.4, -0.2) is 84.9 Å². The normalized spacial score (nSPS) is 18.6. The largest absolute Gasteiger partial charge is 0.379 e. The van der Waals surface area contributed by atoms with Gasteiger partial charge in [0.1, 0.15) is 6.54 Å². The van der Waals surface area contributed by atoms with Crippen LogP contribution >= 0.6 is 22.9 Å². The van der Waals surface area contributed by atoms with Gasteiger partial charge in [-0.1, -0.05) is 29.8 Å². The van der Waals surface area contributed by atoms with E-state index in [0.717, 1.165) is 29.2 Å². The minimum absolute atomic E-state index is 0.0402. The van der Waals surface area contributed by atoms with Gasteiger partial charge in [-0.2, -0.15) is 5.10 Å². The molecule has 3 amide bonds. The van der Waals surface area contributed by atoms with Gasteiger partial charge in [0, 0.05) is 44.2 Å². The number of ether oxygens (including phenoxy) is 1. The van der Waals surface area contributed by atoms with Gasteiger partial charge in [-0.05, 0) is 36.1 Å². The number of urea groups is 1. The lowest BCUT2D eigenvalue weighted by atomic mass is 10.0. The number of thiophene rings is 1. The summed E-state index contributed by atoms with van der Waals surface area (Å²) in [5.74, 6) is -0.209. The topological polar surface area (TPSA) is 77.5 Å². The predicted molar refractivity (Wildman–Crippen MR) is 134 cm³/mol. The van der Waals surface area contributed by atoms with Crippen molar-refractivity contribution in [2.24, 2.45) is 5.10 Å². The summed E-state index contributed by atoms with van der Waals surface area (Å²) in [5, 5.41) is 11.7. The molecule has 2 aliphatic heterocycles. The first-order chi connectivity index (χ1) is 16.5. The summed E-state index contributed by atoms with van der Waals surface area (Å²) in [5.41, 5.74) is 1.84. The Morgan fingerprint density at radius 2 is 2.00 bits per heavy atom. The number of nitrogens with one attached hydrogen (secondary N) is 1. The van der Waals surface area contributed by atoms with Gasteiger partial charge < -0.3 is 15.0 Å². The molecule has 2 aromatic rings. The molecule has 0 radical (unpaired) electrons. The molecule has 4 rings (SSSR count). The first-order valence-electron chi connectivity index (χ1n) is 11.6. The maximum absolute atomic E-state index is 13.5. The molecular formula is C24H30ClN5O3S. The second-order valence-electron chi connectivity index (χ2n) is 8.24. The molecule has 0 saturated carbocycles. The molecule has 2 aliphatic rings. The Morgan fingerprint density at radius 1 is 1.24 bits per heavy atom. The molecule has 182 valence electrons. The third-order valence-corrected chi connectivity index (χ3v) is 7.13. The van der Waals surface area contributed by atoms with Crippen LogP contribution in [0.3, 0.4) is 0 Å². The highest BCUT2D eigenvalue weighted by molar-refractivity contribution is 7.12. The SMILES string of the molecule is CCNC(=O)N(CCN1CCOCC1)CC(=O)N1N=C(c2cccs2)C[C@@H]1c1ccc(Cl)cc1. The Balaban J connectivity index is 1.51. The fourth-order valence-electron chi connectivity index (χ4n) is 4.11. The minimum atomic E-state index is -0.242. The van der Waals surface area contributed by atoms with E-state index in [1.54, 1.807) is 21.2 Å². The standard InChI is InChI=1S/C24H30ClN5O3S/c1-2-26-24(32)29(10-9-28-11-13-33-14-12-28)17-23(31)30-21(18-5-7-19(25)8-6-18)16-20(27-30)22-4-3-15-34-22/h3-8,15,21H,2,9-14,16-17H2,1H3,(H,26,32)/t21-/m1/s1. The van der Waals surface area contributed by atoms with Crippen molar-refractivity contribution in [2.75, 3.05) is 52.5 Å². The summed E-state index contributed by atoms with van der Waals surface area (Å²) >= 11 is 7.69. The van der Waals surface area contributed by atoms with Crippen molar-refractivity contribution in [3.05, 3.63) is 57.2 Å². The lowest BCUT2D eigenvalue weighted by molar-refractivity contribution is -0.133. The summed E-state index contributed by atoms with van der Waals surface area (Å²) in [7, 11) is 0. The van der Waals surface area contributed by atoms with E-state index >= 15 is 0 Å². The van der Waals surface area contributed by atoms with Crippen molar-refractivity contribution in [1.29, 1.82) is 0 Å². The third kappa shape index (κ3) is 6.15. The average molecular weight is 504 g/mol. The molecule has 1 aromatic carbocycles. The molecule has 3 heterocycles. The van der Waals surface area contributed by atoms with Crippen LogP contribution in [0.4, 0.5) is 4.79 Å². The van der Waals surface area contributed by atoms with Crippen LogP contribution in [0, 0.1) is 0 Å². The molecule has 10 heteroatoms. The molecule has 1 saturated heterocycles. The van der Waals surface area contributed by atoms with Crippen molar-refractivity contribution in [3.8, 4) is 0 Å². The Kier molecular flexibility index (Phi) is 8.55. The first kappa shape index (κ1) is 24.7. The van der Waals surface area contributed by atoms with Gasteiger partial charge in [-0.3, -0.25) is 9.69 Å². The van der Waals surface area contributed by atoms with Crippen LogP contribution in [0.2, 0.25) is 5.02 Å². The third-order valence-electron chi connectivity index (χ3n) is 5.96. The number of carbonyl (C=O) groups is 2. The van der Waals surface area contributed by atoms with Crippen LogP contribution < -0.4 is 5.32 Å². The highest BCUT2D eigenvalue weighted by Crippen LogP contribution is 2.34. The molecule has 0 unspecified atom stereocenters. The predicted octanol–water partition coefficient (Wildman–Crippen LogP) is 3.44. The number of hydrogen-bond acceptors (Lipinski definition) is 6. The maximum atomic E-state index is 13.5. The van der Waals surface area contributed by atoms with Gasteiger partial charge in [0.15, 0.2) is 0 Å². The molecule has 34 heavy (non-hydrogen) atoms. The number of hydrogen-bond donors (Lipinski definition) is 1. The molecule has 0 aliphatic carbocycles. The van der Waals surface area contributed by atoms with Crippen molar-refractivity contribution >= 4 is 40.6 Å². The van der Waals surface area contributed by atoms with E-state index < -0.39 is 0 Å². The molecule has 8 nitrogen and oxygen atoms in total. The molecule has 1 aromatic heterocycles. The quantitative estimate of drug-likeness (QED) is 0.598. The number of rotatable bonds is 8. The molecule has 0 bridgehead atoms. The Morgan fingerprint density at radius 3 is 2.68 bits per heavy atom. The van der Waals surface area contributed by atoms with Gasteiger partial charge in [-0.25, -0.2) is 9.80 Å². The number of halogens is 1. The zero-order valence-electron chi connectivity index (χ0n) is 19.3. The fourth-order valence-corrected chi connectivity index (χ4v) is 4.96. The molecule has 1 N–H and O–H groups in total. The summed E-state index contributed by atoms with van der Waals surface area (Å²) < 4.78 is 5.41. The van der Waals surface area contributed by atoms with Crippen LogP contribution in [0.15, 0.2) is 46.9 Å². The van der Waals surface area contributed by atoms with E-state index in [2.05, 4.69) is 10.2 Å². The average Bonchev–Trinajstić information content (AvgIpc) is 3.53. The fraction of sp³-hybridized carbons (Fsp3) is 0.458. The highest BCUT2D eigenvalue weighted by Gasteiger charge is 2.34. The number of carbonyl (C=O) groups excluding carboxylic acids is 2. The second-order valence-corrected chi connectivity index (χ2v) is 9.63. The van der Waals surface area contributed by atoms with Gasteiger partial charge in [0.05, 0.1) is 29.8 Å². The van der Waals surface area contributed by atoms with E-state index in [1.807, 2.05) is 48.7 Å². The lowest BCUT2D eigenvalue weighted by Gasteiger charge is -2.31. The van der Waals surface area contributed by atoms with Crippen molar-refractivity contribution in [1.82, 2.24) is 20.1 Å². The van der Waals surface area contributed by atoms with E-state index in [0.29, 0.717) is 44.3 Å². The summed E-state index contributed by atoms with van der Waals surface area (Å²) in [4.78, 5) is 31.2. The highest BCUT2D eigenvalue weighted by atomic mass is 35.5. The van der Waals surface area contributed by atoms with Crippen LogP contribution in [0.1, 0.15) is 29.8 Å². The number of benzene rings is 1. The first-order valence-corrected chi connectivity index (χ1v) is 12.8. The Labute approximate surface area is 209 Å². The van der Waals surface area contributed by atoms with Gasteiger partial charge in [-0.15, -0.1) is 11.3 Å². The molecule has 1 fully saturated rings. The lowest BCUT2D eigenvalue weighted by Crippen LogP contribution is -2.49. The van der Waals surface area contributed by atoms with E-state index in [1.165, 1.54) is 0 Å². The van der Waals surface area contributed by atoms with Crippen molar-refractivity contribution in [3.63, 3.8) is 0 Å². The Bertz CT molecular complexity index is 993. The smallest absolute Gasteiger partial charge is 0.317 e. The monoisotopic (exact) mass is 503 g/mol. The van der Waals surface area contributed by atoms with E-state index in [-0.39, 0.29) is 24.5 Å². The van der Waals surface area contributed by atoms with Gasteiger partial charge >= 0.3 is 6.03 Å². The van der Waals surface area contributed by atoms with Gasteiger partial charge in [0.2, 0.25) is 0 Å². The van der Waals surface area contributed by atoms with Crippen molar-refractivity contribution < 1.29 is 14.3 Å². The number of nitrogens with zero attached hydrogens (tertiary/aromatic N) is 4. The summed E-state index contributed by atoms with van der Waals surface area (Å²) in [6.45, 7) is 6.52. The van der Waals surface area contributed by atoms with Crippen LogP contribution in [0.25, 0.3) is 0 Å². The summed E-state index contributed by atoms with van der Waals surface area (Å²) in [6.07, 6.45) is 0.614. The number of morpholine rings is 1. The summed E-state index contributed by atoms with van der Waals surface area (Å²) in [6, 6.07) is 11.0. The van der Waals surface area contributed by atoms with Crippen LogP contribution in [0.5, 0.6) is 0 Å². The maximum Gasteiger partial charge on any atom is 0.317 e.